The maximum atomic E-state index is 12.8. The smallest absolute Gasteiger partial charge is 0.434 e. The Balaban J connectivity index is 1.76. The van der Waals surface area contributed by atoms with Crippen molar-refractivity contribution in [1.29, 1.82) is 0 Å². The van der Waals surface area contributed by atoms with E-state index in [4.69, 9.17) is 16.7 Å². The molecule has 6 nitrogen and oxygen atoms in total. The highest BCUT2D eigenvalue weighted by Crippen LogP contribution is 2.30. The number of hydrogen-bond donors (Lipinski definition) is 2. The van der Waals surface area contributed by atoms with Gasteiger partial charge in [-0.05, 0) is 23.8 Å². The second kappa shape index (κ2) is 8.58. The first-order chi connectivity index (χ1) is 14.1. The molecule has 10 heteroatoms. The van der Waals surface area contributed by atoms with Crippen molar-refractivity contribution in [3.63, 3.8) is 0 Å². The summed E-state index contributed by atoms with van der Waals surface area (Å²) in [5.41, 5.74) is 0.979. The van der Waals surface area contributed by atoms with Gasteiger partial charge in [0.05, 0.1) is 0 Å². The first-order valence-corrected chi connectivity index (χ1v) is 9.02. The predicted octanol–water partition coefficient (Wildman–Crippen LogP) is 4.86. The molecule has 0 spiro atoms. The second-order valence-corrected chi connectivity index (χ2v) is 6.74. The Morgan fingerprint density at radius 3 is 2.50 bits per heavy atom. The van der Waals surface area contributed by atoms with Crippen LogP contribution in [0, 0.1) is 0 Å². The van der Waals surface area contributed by atoms with Gasteiger partial charge in [-0.2, -0.15) is 13.2 Å². The summed E-state index contributed by atoms with van der Waals surface area (Å²) in [6.07, 6.45) is -1.16. The zero-order chi connectivity index (χ0) is 21.9. The molecule has 0 fully saturated rings. The lowest BCUT2D eigenvalue weighted by Crippen LogP contribution is -2.05. The zero-order valence-electron chi connectivity index (χ0n) is 15.6. The van der Waals surface area contributed by atoms with Gasteiger partial charge < -0.3 is 15.0 Å². The van der Waals surface area contributed by atoms with E-state index < -0.39 is 17.8 Å². The number of aromatic nitrogens is 3. The molecule has 0 radical (unpaired) electrons. The normalized spacial score (nSPS) is 11.8. The van der Waals surface area contributed by atoms with Gasteiger partial charge in [-0.15, -0.1) is 0 Å². The topological polar surface area (TPSA) is 80.0 Å². The Morgan fingerprint density at radius 1 is 1.20 bits per heavy atom. The van der Waals surface area contributed by atoms with Crippen LogP contribution < -0.4 is 5.32 Å². The number of pyridine rings is 1. The van der Waals surface area contributed by atoms with Crippen molar-refractivity contribution in [3.8, 4) is 11.4 Å². The molecular weight excluding hydrogens is 421 g/mol. The average molecular weight is 437 g/mol. The second-order valence-electron chi connectivity index (χ2n) is 6.35. The van der Waals surface area contributed by atoms with E-state index >= 15 is 0 Å². The minimum Gasteiger partial charge on any atom is -0.478 e. The van der Waals surface area contributed by atoms with Crippen LogP contribution >= 0.6 is 11.6 Å². The Bertz CT molecular complexity index is 1090. The molecule has 0 bridgehead atoms. The highest BCUT2D eigenvalue weighted by Gasteiger charge is 2.34. The number of imidazole rings is 1. The predicted molar refractivity (Wildman–Crippen MR) is 107 cm³/mol. The van der Waals surface area contributed by atoms with Crippen LogP contribution in [0.1, 0.15) is 16.8 Å². The van der Waals surface area contributed by atoms with Gasteiger partial charge in [0.25, 0.3) is 0 Å². The van der Waals surface area contributed by atoms with E-state index in [2.05, 4.69) is 15.3 Å². The summed E-state index contributed by atoms with van der Waals surface area (Å²) >= 11 is 5.92. The highest BCUT2D eigenvalue weighted by atomic mass is 35.5. The number of carboxylic acid groups (broad SMARTS) is 1. The minimum atomic E-state index is -4.50. The molecule has 0 saturated carbocycles. The van der Waals surface area contributed by atoms with Crippen molar-refractivity contribution >= 4 is 29.5 Å². The summed E-state index contributed by atoms with van der Waals surface area (Å²) in [7, 11) is 1.50. The van der Waals surface area contributed by atoms with Crippen LogP contribution in [0.2, 0.25) is 5.15 Å². The van der Waals surface area contributed by atoms with E-state index in [1.807, 2.05) is 0 Å². The monoisotopic (exact) mass is 436 g/mol. The summed E-state index contributed by atoms with van der Waals surface area (Å²) in [6, 6.07) is 10.0. The maximum absolute atomic E-state index is 12.8. The fraction of sp³-hybridized carbons (Fsp3) is 0.150. The van der Waals surface area contributed by atoms with Crippen molar-refractivity contribution in [3.05, 3.63) is 70.6 Å². The number of anilines is 1. The molecule has 0 amide bonds. The third-order valence-corrected chi connectivity index (χ3v) is 4.35. The van der Waals surface area contributed by atoms with Crippen molar-refractivity contribution in [2.45, 2.75) is 12.7 Å². The fourth-order valence-electron chi connectivity index (χ4n) is 2.71. The molecule has 3 rings (SSSR count). The highest BCUT2D eigenvalue weighted by molar-refractivity contribution is 6.29. The van der Waals surface area contributed by atoms with Gasteiger partial charge in [-0.25, -0.2) is 14.8 Å². The molecule has 0 atom stereocenters. The molecule has 1 aromatic carbocycles. The fourth-order valence-corrected chi connectivity index (χ4v) is 2.86. The van der Waals surface area contributed by atoms with Gasteiger partial charge in [-0.1, -0.05) is 35.9 Å². The molecule has 2 N–H and O–H groups in total. The SMILES string of the molecule is Cn1cc(C(F)(F)F)nc1-c1ccc(CNc2nc(Cl)ccc2/C=C/C(=O)O)cc1. The molecule has 2 heterocycles. The Labute approximate surface area is 174 Å². The van der Waals surface area contributed by atoms with Crippen LogP contribution in [0.25, 0.3) is 17.5 Å². The van der Waals surface area contributed by atoms with E-state index in [0.717, 1.165) is 17.8 Å². The summed E-state index contributed by atoms with van der Waals surface area (Å²) in [4.78, 5) is 18.6. The number of halogens is 4. The standard InChI is InChI=1S/C20H16ClF3N4O2/c1-28-11-15(20(22,23)24)26-19(28)14-4-2-12(3-5-14)10-25-18-13(7-9-17(29)30)6-8-16(21)27-18/h2-9,11H,10H2,1H3,(H,25,27)(H,29,30)/b9-7+. The van der Waals surface area contributed by atoms with Crippen LogP contribution in [0.4, 0.5) is 19.0 Å². The molecule has 30 heavy (non-hydrogen) atoms. The largest absolute Gasteiger partial charge is 0.478 e. The number of carbonyl (C=O) groups is 1. The number of carboxylic acids is 1. The minimum absolute atomic E-state index is 0.208. The zero-order valence-corrected chi connectivity index (χ0v) is 16.4. The molecule has 0 aliphatic carbocycles. The van der Waals surface area contributed by atoms with Crippen LogP contribution in [-0.4, -0.2) is 25.6 Å². The summed E-state index contributed by atoms with van der Waals surface area (Å²) in [5, 5.41) is 12.1. The number of nitrogens with zero attached hydrogens (tertiary/aromatic N) is 3. The van der Waals surface area contributed by atoms with E-state index in [1.54, 1.807) is 36.4 Å². The van der Waals surface area contributed by atoms with E-state index in [1.165, 1.54) is 17.7 Å². The Morgan fingerprint density at radius 2 is 1.90 bits per heavy atom. The number of rotatable bonds is 6. The lowest BCUT2D eigenvalue weighted by Gasteiger charge is -2.10. The van der Waals surface area contributed by atoms with Crippen LogP contribution in [0.3, 0.4) is 0 Å². The van der Waals surface area contributed by atoms with Gasteiger partial charge in [0.15, 0.2) is 5.69 Å². The first kappa shape index (κ1) is 21.4. The number of aliphatic carboxylic acids is 1. The van der Waals surface area contributed by atoms with Crippen molar-refractivity contribution in [2.75, 3.05) is 5.32 Å². The third-order valence-electron chi connectivity index (χ3n) is 4.14. The van der Waals surface area contributed by atoms with Crippen molar-refractivity contribution < 1.29 is 23.1 Å². The van der Waals surface area contributed by atoms with Crippen LogP contribution in [0.5, 0.6) is 0 Å². The number of nitrogens with one attached hydrogen (secondary N) is 1. The van der Waals surface area contributed by atoms with Crippen molar-refractivity contribution in [2.24, 2.45) is 7.05 Å². The molecule has 0 aliphatic rings. The quantitative estimate of drug-likeness (QED) is 0.426. The summed E-state index contributed by atoms with van der Waals surface area (Å²) in [6.45, 7) is 0.343. The molecule has 0 aliphatic heterocycles. The third kappa shape index (κ3) is 5.18. The van der Waals surface area contributed by atoms with E-state index in [9.17, 15) is 18.0 Å². The van der Waals surface area contributed by atoms with E-state index in [0.29, 0.717) is 23.5 Å². The summed E-state index contributed by atoms with van der Waals surface area (Å²) in [5.74, 6) is -0.475. The number of hydrogen-bond acceptors (Lipinski definition) is 4. The molecule has 3 aromatic rings. The molecule has 0 unspecified atom stereocenters. The number of aryl methyl sites for hydroxylation is 1. The number of benzene rings is 1. The Kier molecular flexibility index (Phi) is 6.12. The first-order valence-electron chi connectivity index (χ1n) is 8.65. The maximum Gasteiger partial charge on any atom is 0.434 e. The van der Waals surface area contributed by atoms with Gasteiger partial charge in [0, 0.05) is 37.0 Å². The van der Waals surface area contributed by atoms with Crippen LogP contribution in [-0.2, 0) is 24.6 Å². The van der Waals surface area contributed by atoms with Gasteiger partial charge >= 0.3 is 12.1 Å². The molecule has 0 saturated heterocycles. The van der Waals surface area contributed by atoms with Gasteiger partial charge in [0.2, 0.25) is 0 Å². The lowest BCUT2D eigenvalue weighted by atomic mass is 10.1. The van der Waals surface area contributed by atoms with Gasteiger partial charge in [-0.3, -0.25) is 0 Å². The lowest BCUT2D eigenvalue weighted by molar-refractivity contribution is -0.141. The number of alkyl halides is 3. The van der Waals surface area contributed by atoms with Crippen molar-refractivity contribution in [1.82, 2.24) is 14.5 Å². The van der Waals surface area contributed by atoms with Gasteiger partial charge in [0.1, 0.15) is 16.8 Å². The molecular formula is C20H16ClF3N4O2. The Hall–Kier alpha value is -3.33. The van der Waals surface area contributed by atoms with Crippen LogP contribution in [0.15, 0.2) is 48.7 Å². The average Bonchev–Trinajstić information content (AvgIpc) is 3.08. The summed E-state index contributed by atoms with van der Waals surface area (Å²) < 4.78 is 39.9. The molecule has 2 aromatic heterocycles. The van der Waals surface area contributed by atoms with E-state index in [-0.39, 0.29) is 11.0 Å². The molecule has 156 valence electrons.